The number of furan rings is 1. The molecule has 5 rings (SSSR count). The van der Waals surface area contributed by atoms with Crippen molar-refractivity contribution >= 4 is 22.1 Å². The molecule has 148 valence electrons. The van der Waals surface area contributed by atoms with E-state index in [1.807, 2.05) is 12.3 Å². The first-order valence-corrected chi connectivity index (χ1v) is 10.5. The van der Waals surface area contributed by atoms with Gasteiger partial charge in [0.05, 0.1) is 5.69 Å². The van der Waals surface area contributed by atoms with Gasteiger partial charge in [-0.05, 0) is 60.2 Å². The summed E-state index contributed by atoms with van der Waals surface area (Å²) >= 11 is 0. The Morgan fingerprint density at radius 3 is 2.53 bits per heavy atom. The second kappa shape index (κ2) is 7.75. The third-order valence-corrected chi connectivity index (χ3v) is 5.66. The molecule has 3 heteroatoms. The maximum absolute atomic E-state index is 6.28. The van der Waals surface area contributed by atoms with Gasteiger partial charge in [0.1, 0.15) is 5.58 Å². The monoisotopic (exact) mass is 392 g/mol. The molecule has 0 bridgehead atoms. The van der Waals surface area contributed by atoms with Crippen molar-refractivity contribution in [3.05, 3.63) is 95.8 Å². The van der Waals surface area contributed by atoms with E-state index in [4.69, 9.17) is 9.40 Å². The van der Waals surface area contributed by atoms with E-state index in [-0.39, 0.29) is 0 Å². The zero-order chi connectivity index (χ0) is 20.5. The lowest BCUT2D eigenvalue weighted by molar-refractivity contribution is 0.651. The molecule has 0 N–H and O–H groups in total. The zero-order valence-corrected chi connectivity index (χ0v) is 17.3. The van der Waals surface area contributed by atoms with E-state index in [2.05, 4.69) is 85.6 Å². The van der Waals surface area contributed by atoms with Crippen LogP contribution in [0.5, 0.6) is 0 Å². The summed E-state index contributed by atoms with van der Waals surface area (Å²) in [4.78, 5) is 9.43. The number of para-hydroxylation sites is 1. The topological polar surface area (TPSA) is 38.9 Å². The van der Waals surface area contributed by atoms with Crippen LogP contribution in [0.4, 0.5) is 0 Å². The van der Waals surface area contributed by atoms with Crippen LogP contribution >= 0.6 is 0 Å². The van der Waals surface area contributed by atoms with E-state index in [1.54, 1.807) is 0 Å². The van der Waals surface area contributed by atoms with Crippen molar-refractivity contribution in [2.75, 3.05) is 0 Å². The molecular formula is C27H24N2O. The highest BCUT2D eigenvalue weighted by atomic mass is 16.3. The molecule has 0 fully saturated rings. The van der Waals surface area contributed by atoms with Crippen LogP contribution in [0.15, 0.2) is 83.4 Å². The van der Waals surface area contributed by atoms with Gasteiger partial charge < -0.3 is 4.42 Å². The molecule has 0 aliphatic heterocycles. The minimum atomic E-state index is 0.454. The SMILES string of the molecule is CC(C)c1ccnc(-c2cccc3c2oc2nc(CCc4ccccc4)ccc23)c1. The lowest BCUT2D eigenvalue weighted by atomic mass is 10.0. The summed E-state index contributed by atoms with van der Waals surface area (Å²) in [6.07, 6.45) is 3.74. The first-order chi connectivity index (χ1) is 14.7. The Morgan fingerprint density at radius 1 is 0.833 bits per heavy atom. The van der Waals surface area contributed by atoms with Crippen LogP contribution in [0.3, 0.4) is 0 Å². The van der Waals surface area contributed by atoms with Crippen molar-refractivity contribution in [1.82, 2.24) is 9.97 Å². The van der Waals surface area contributed by atoms with Gasteiger partial charge in [-0.15, -0.1) is 0 Å². The Bertz CT molecular complexity index is 1320. The smallest absolute Gasteiger partial charge is 0.227 e. The fourth-order valence-corrected chi connectivity index (χ4v) is 3.93. The van der Waals surface area contributed by atoms with E-state index in [1.165, 1.54) is 11.1 Å². The van der Waals surface area contributed by atoms with E-state index >= 15 is 0 Å². The van der Waals surface area contributed by atoms with Crippen LogP contribution in [0.1, 0.15) is 36.6 Å². The van der Waals surface area contributed by atoms with Gasteiger partial charge in [-0.3, -0.25) is 4.98 Å². The van der Waals surface area contributed by atoms with E-state index in [0.29, 0.717) is 11.6 Å². The van der Waals surface area contributed by atoms with Crippen molar-refractivity contribution in [3.8, 4) is 11.3 Å². The summed E-state index contributed by atoms with van der Waals surface area (Å²) in [6.45, 7) is 4.39. The molecular weight excluding hydrogens is 368 g/mol. The molecule has 5 aromatic rings. The molecule has 3 heterocycles. The number of hydrogen-bond acceptors (Lipinski definition) is 3. The third kappa shape index (κ3) is 3.48. The number of benzene rings is 2. The molecule has 30 heavy (non-hydrogen) atoms. The predicted octanol–water partition coefficient (Wildman–Crippen LogP) is 6.95. The Balaban J connectivity index is 1.54. The standard InChI is InChI=1S/C27H24N2O/c1-18(2)20-15-16-28-25(17-20)24-10-6-9-22-23-14-13-21(29-27(23)30-26(22)24)12-11-19-7-4-3-5-8-19/h3-10,13-18H,11-12H2,1-2H3. The van der Waals surface area contributed by atoms with Gasteiger partial charge in [-0.1, -0.05) is 56.3 Å². The van der Waals surface area contributed by atoms with Crippen LogP contribution in [0.2, 0.25) is 0 Å². The number of hydrogen-bond donors (Lipinski definition) is 0. The van der Waals surface area contributed by atoms with Crippen molar-refractivity contribution < 1.29 is 4.42 Å². The highest BCUT2D eigenvalue weighted by molar-refractivity contribution is 6.08. The molecule has 0 aliphatic carbocycles. The summed E-state index contributed by atoms with van der Waals surface area (Å²) in [6, 6.07) is 25.2. The Morgan fingerprint density at radius 2 is 1.70 bits per heavy atom. The molecule has 0 radical (unpaired) electrons. The van der Waals surface area contributed by atoms with Crippen LogP contribution in [-0.2, 0) is 12.8 Å². The van der Waals surface area contributed by atoms with Crippen molar-refractivity contribution in [2.24, 2.45) is 0 Å². The predicted molar refractivity (Wildman–Crippen MR) is 123 cm³/mol. The van der Waals surface area contributed by atoms with Crippen LogP contribution in [0.25, 0.3) is 33.3 Å². The molecule has 3 nitrogen and oxygen atoms in total. The van der Waals surface area contributed by atoms with Gasteiger partial charge >= 0.3 is 0 Å². The first-order valence-electron chi connectivity index (χ1n) is 10.5. The third-order valence-electron chi connectivity index (χ3n) is 5.66. The summed E-state index contributed by atoms with van der Waals surface area (Å²) in [5, 5.41) is 2.14. The number of rotatable bonds is 5. The molecule has 0 amide bonds. The number of nitrogens with zero attached hydrogens (tertiary/aromatic N) is 2. The molecule has 0 aliphatic rings. The second-order valence-electron chi connectivity index (χ2n) is 8.05. The molecule has 0 unspecified atom stereocenters. The minimum absolute atomic E-state index is 0.454. The summed E-state index contributed by atoms with van der Waals surface area (Å²) < 4.78 is 6.28. The quantitative estimate of drug-likeness (QED) is 0.325. The van der Waals surface area contributed by atoms with Gasteiger partial charge in [0.25, 0.3) is 0 Å². The zero-order valence-electron chi connectivity index (χ0n) is 17.3. The van der Waals surface area contributed by atoms with Gasteiger partial charge in [0, 0.05) is 28.2 Å². The molecule has 3 aromatic heterocycles. The Hall–Kier alpha value is -3.46. The van der Waals surface area contributed by atoms with Crippen molar-refractivity contribution in [1.29, 1.82) is 0 Å². The fraction of sp³-hybridized carbons (Fsp3) is 0.185. The van der Waals surface area contributed by atoms with Crippen LogP contribution < -0.4 is 0 Å². The maximum Gasteiger partial charge on any atom is 0.227 e. The average Bonchev–Trinajstić information content (AvgIpc) is 3.16. The van der Waals surface area contributed by atoms with Gasteiger partial charge in [-0.25, -0.2) is 4.98 Å². The fourth-order valence-electron chi connectivity index (χ4n) is 3.93. The highest BCUT2D eigenvalue weighted by Gasteiger charge is 2.15. The van der Waals surface area contributed by atoms with E-state index in [9.17, 15) is 0 Å². The van der Waals surface area contributed by atoms with E-state index in [0.717, 1.165) is 46.1 Å². The molecule has 0 saturated heterocycles. The van der Waals surface area contributed by atoms with E-state index < -0.39 is 0 Å². The van der Waals surface area contributed by atoms with Gasteiger partial charge in [0.15, 0.2) is 0 Å². The van der Waals surface area contributed by atoms with Crippen molar-refractivity contribution in [3.63, 3.8) is 0 Å². The largest absolute Gasteiger partial charge is 0.437 e. The van der Waals surface area contributed by atoms with Crippen LogP contribution in [0, 0.1) is 0 Å². The Kier molecular flexibility index (Phi) is 4.80. The Labute approximate surface area is 176 Å². The molecule has 0 atom stereocenters. The molecule has 2 aromatic carbocycles. The molecule has 0 saturated carbocycles. The average molecular weight is 393 g/mol. The lowest BCUT2D eigenvalue weighted by Gasteiger charge is -2.07. The van der Waals surface area contributed by atoms with Gasteiger partial charge in [-0.2, -0.15) is 0 Å². The molecule has 0 spiro atoms. The number of fused-ring (bicyclic) bond motifs is 3. The number of pyridine rings is 2. The number of aryl methyl sites for hydroxylation is 2. The first kappa shape index (κ1) is 18.6. The van der Waals surface area contributed by atoms with Gasteiger partial charge in [0.2, 0.25) is 5.71 Å². The van der Waals surface area contributed by atoms with Crippen LogP contribution in [-0.4, -0.2) is 9.97 Å². The second-order valence-corrected chi connectivity index (χ2v) is 8.05. The highest BCUT2D eigenvalue weighted by Crippen LogP contribution is 2.35. The summed E-state index contributed by atoms with van der Waals surface area (Å²) in [5.74, 6) is 0.454. The normalized spacial score (nSPS) is 11.6. The summed E-state index contributed by atoms with van der Waals surface area (Å²) in [7, 11) is 0. The van der Waals surface area contributed by atoms with Crippen molar-refractivity contribution in [2.45, 2.75) is 32.6 Å². The minimum Gasteiger partial charge on any atom is -0.437 e. The number of aromatic nitrogens is 2. The maximum atomic E-state index is 6.28. The summed E-state index contributed by atoms with van der Waals surface area (Å²) in [5.41, 5.74) is 7.15. The lowest BCUT2D eigenvalue weighted by Crippen LogP contribution is -1.93.